The van der Waals surface area contributed by atoms with Gasteiger partial charge in [-0.3, -0.25) is 14.3 Å². The molecule has 3 rings (SSSR count). The second kappa shape index (κ2) is 5.87. The van der Waals surface area contributed by atoms with Crippen LogP contribution in [0.4, 0.5) is 5.69 Å². The smallest absolute Gasteiger partial charge is 0.224 e. The number of rotatable bonds is 5. The van der Waals surface area contributed by atoms with Crippen LogP contribution in [0.15, 0.2) is 30.9 Å². The number of nitrogens with one attached hydrogen (secondary N) is 1. The van der Waals surface area contributed by atoms with Crippen molar-refractivity contribution in [1.82, 2.24) is 14.8 Å². The summed E-state index contributed by atoms with van der Waals surface area (Å²) in [5, 5.41) is 6.82. The largest absolute Gasteiger partial charge is 0.326 e. The summed E-state index contributed by atoms with van der Waals surface area (Å²) in [5.41, 5.74) is 2.57. The van der Waals surface area contributed by atoms with Gasteiger partial charge in [-0.2, -0.15) is 5.10 Å². The van der Waals surface area contributed by atoms with Crippen molar-refractivity contribution in [3.63, 3.8) is 0 Å². The minimum Gasteiger partial charge on any atom is -0.326 e. The van der Waals surface area contributed by atoms with E-state index in [0.29, 0.717) is 31.4 Å². The molecule has 0 bridgehead atoms. The number of hydrogen-bond acceptors (Lipinski definition) is 4. The number of benzene rings is 1. The number of anilines is 1. The molecule has 1 aliphatic heterocycles. The lowest BCUT2D eigenvalue weighted by Crippen LogP contribution is -2.19. The van der Waals surface area contributed by atoms with Crippen molar-refractivity contribution in [3.05, 3.63) is 42.0 Å². The van der Waals surface area contributed by atoms with Gasteiger partial charge in [-0.1, -0.05) is 0 Å². The van der Waals surface area contributed by atoms with Crippen LogP contribution in [0.1, 0.15) is 35.2 Å². The molecule has 21 heavy (non-hydrogen) atoms. The Bertz CT molecular complexity index is 664. The third kappa shape index (κ3) is 3.16. The minimum absolute atomic E-state index is 0.0365. The van der Waals surface area contributed by atoms with E-state index < -0.39 is 0 Å². The first kappa shape index (κ1) is 13.5. The summed E-state index contributed by atoms with van der Waals surface area (Å²) in [6, 6.07) is 5.49. The van der Waals surface area contributed by atoms with Gasteiger partial charge in [0.2, 0.25) is 5.91 Å². The molecule has 0 unspecified atom stereocenters. The van der Waals surface area contributed by atoms with Crippen LogP contribution in [0.5, 0.6) is 0 Å². The maximum atomic E-state index is 12.2. The first-order chi connectivity index (χ1) is 10.2. The first-order valence-corrected chi connectivity index (χ1v) is 7.01. The summed E-state index contributed by atoms with van der Waals surface area (Å²) in [6.07, 6.45) is 5.52. The van der Waals surface area contributed by atoms with E-state index in [1.165, 1.54) is 6.33 Å². The second-order valence-electron chi connectivity index (χ2n) is 5.11. The van der Waals surface area contributed by atoms with Crippen LogP contribution in [-0.4, -0.2) is 26.5 Å². The van der Waals surface area contributed by atoms with Crippen molar-refractivity contribution in [2.45, 2.75) is 32.2 Å². The van der Waals surface area contributed by atoms with E-state index in [1.807, 2.05) is 12.1 Å². The molecule has 0 radical (unpaired) electrons. The summed E-state index contributed by atoms with van der Waals surface area (Å²) in [6.45, 7) is 0.687. The van der Waals surface area contributed by atoms with Crippen LogP contribution in [-0.2, 0) is 17.8 Å². The van der Waals surface area contributed by atoms with Gasteiger partial charge in [0, 0.05) is 30.6 Å². The third-order valence-electron chi connectivity index (χ3n) is 3.58. The predicted molar refractivity (Wildman–Crippen MR) is 77.0 cm³/mol. The lowest BCUT2D eigenvalue weighted by atomic mass is 9.97. The standard InChI is InChI=1S/C15H16N4O2/c20-14(2-1-7-19-10-16-9-17-19)12-3-5-13-11(8-12)4-6-15(21)18-13/h3,5,8-10H,1-2,4,6-7H2,(H,18,21). The van der Waals surface area contributed by atoms with Crippen LogP contribution in [0.25, 0.3) is 0 Å². The van der Waals surface area contributed by atoms with E-state index in [-0.39, 0.29) is 11.7 Å². The molecule has 0 fully saturated rings. The number of amides is 1. The molecule has 6 nitrogen and oxygen atoms in total. The van der Waals surface area contributed by atoms with Gasteiger partial charge in [0.25, 0.3) is 0 Å². The zero-order valence-corrected chi connectivity index (χ0v) is 11.6. The average Bonchev–Trinajstić information content (AvgIpc) is 3.00. The molecule has 0 saturated heterocycles. The van der Waals surface area contributed by atoms with Gasteiger partial charge in [0.1, 0.15) is 12.7 Å². The van der Waals surface area contributed by atoms with Crippen molar-refractivity contribution in [3.8, 4) is 0 Å². The molecule has 1 aromatic carbocycles. The zero-order valence-electron chi connectivity index (χ0n) is 11.6. The van der Waals surface area contributed by atoms with Gasteiger partial charge in [-0.05, 0) is 36.6 Å². The van der Waals surface area contributed by atoms with Gasteiger partial charge in [-0.15, -0.1) is 0 Å². The van der Waals surface area contributed by atoms with Gasteiger partial charge >= 0.3 is 0 Å². The Kier molecular flexibility index (Phi) is 3.77. The highest BCUT2D eigenvalue weighted by Gasteiger charge is 2.16. The van der Waals surface area contributed by atoms with Gasteiger partial charge < -0.3 is 5.32 Å². The van der Waals surface area contributed by atoms with Crippen molar-refractivity contribution in [2.24, 2.45) is 0 Å². The predicted octanol–water partition coefficient (Wildman–Crippen LogP) is 1.83. The highest BCUT2D eigenvalue weighted by Crippen LogP contribution is 2.24. The van der Waals surface area contributed by atoms with Gasteiger partial charge in [0.05, 0.1) is 0 Å². The van der Waals surface area contributed by atoms with Crippen LogP contribution in [0.2, 0.25) is 0 Å². The second-order valence-corrected chi connectivity index (χ2v) is 5.11. The lowest BCUT2D eigenvalue weighted by molar-refractivity contribution is -0.116. The average molecular weight is 284 g/mol. The quantitative estimate of drug-likeness (QED) is 0.850. The molecule has 1 N–H and O–H groups in total. The fourth-order valence-corrected chi connectivity index (χ4v) is 2.45. The maximum absolute atomic E-state index is 12.2. The first-order valence-electron chi connectivity index (χ1n) is 7.01. The Morgan fingerprint density at radius 3 is 3.05 bits per heavy atom. The van der Waals surface area contributed by atoms with Crippen LogP contribution in [0, 0.1) is 0 Å². The Balaban J connectivity index is 1.61. The molecule has 6 heteroatoms. The van der Waals surface area contributed by atoms with Gasteiger partial charge in [-0.25, -0.2) is 4.98 Å². The molecule has 2 aromatic rings. The Morgan fingerprint density at radius 1 is 1.33 bits per heavy atom. The topological polar surface area (TPSA) is 76.9 Å². The van der Waals surface area contributed by atoms with E-state index >= 15 is 0 Å². The number of aromatic nitrogens is 3. The van der Waals surface area contributed by atoms with E-state index in [2.05, 4.69) is 15.4 Å². The highest BCUT2D eigenvalue weighted by molar-refractivity contribution is 5.98. The van der Waals surface area contributed by atoms with Crippen molar-refractivity contribution < 1.29 is 9.59 Å². The molecule has 2 heterocycles. The summed E-state index contributed by atoms with van der Waals surface area (Å²) in [4.78, 5) is 27.4. The van der Waals surface area contributed by atoms with Crippen LogP contribution < -0.4 is 5.32 Å². The summed E-state index contributed by atoms with van der Waals surface area (Å²) >= 11 is 0. The molecule has 0 aliphatic carbocycles. The number of ketones is 1. The molecule has 108 valence electrons. The minimum atomic E-state index is 0.0365. The fraction of sp³-hybridized carbons (Fsp3) is 0.333. The monoisotopic (exact) mass is 284 g/mol. The number of fused-ring (bicyclic) bond motifs is 1. The summed E-state index contributed by atoms with van der Waals surface area (Å²) in [7, 11) is 0. The number of Topliss-reactive ketones (excluding diaryl/α,β-unsaturated/α-hetero) is 1. The van der Waals surface area contributed by atoms with E-state index in [9.17, 15) is 9.59 Å². The molecule has 0 saturated carbocycles. The van der Waals surface area contributed by atoms with Crippen LogP contribution >= 0.6 is 0 Å². The third-order valence-corrected chi connectivity index (χ3v) is 3.58. The number of nitrogens with zero attached hydrogens (tertiary/aromatic N) is 3. The van der Waals surface area contributed by atoms with E-state index in [0.717, 1.165) is 17.7 Å². The summed E-state index contributed by atoms with van der Waals surface area (Å²) in [5.74, 6) is 0.157. The number of aryl methyl sites for hydroxylation is 2. The Morgan fingerprint density at radius 2 is 2.24 bits per heavy atom. The fourth-order valence-electron chi connectivity index (χ4n) is 2.45. The van der Waals surface area contributed by atoms with E-state index in [4.69, 9.17) is 0 Å². The molecular formula is C15H16N4O2. The SMILES string of the molecule is O=C1CCc2cc(C(=O)CCCn3cncn3)ccc2N1. The normalized spacial score (nSPS) is 13.6. The maximum Gasteiger partial charge on any atom is 0.224 e. The van der Waals surface area contributed by atoms with E-state index in [1.54, 1.807) is 17.1 Å². The Hall–Kier alpha value is -2.50. The number of carbonyl (C=O) groups is 2. The van der Waals surface area contributed by atoms with Gasteiger partial charge in [0.15, 0.2) is 5.78 Å². The molecule has 1 amide bonds. The lowest BCUT2D eigenvalue weighted by Gasteiger charge is -2.17. The zero-order chi connectivity index (χ0) is 14.7. The molecule has 1 aromatic heterocycles. The van der Waals surface area contributed by atoms with Crippen molar-refractivity contribution in [2.75, 3.05) is 5.32 Å². The summed E-state index contributed by atoms with van der Waals surface area (Å²) < 4.78 is 1.72. The molecule has 0 atom stereocenters. The highest BCUT2D eigenvalue weighted by atomic mass is 16.1. The molecule has 0 spiro atoms. The van der Waals surface area contributed by atoms with Crippen LogP contribution in [0.3, 0.4) is 0 Å². The van der Waals surface area contributed by atoms with Crippen molar-refractivity contribution in [1.29, 1.82) is 0 Å². The van der Waals surface area contributed by atoms with Crippen molar-refractivity contribution >= 4 is 17.4 Å². The number of hydrogen-bond donors (Lipinski definition) is 1. The number of carbonyl (C=O) groups excluding carboxylic acids is 2. The molecule has 1 aliphatic rings. The molecular weight excluding hydrogens is 268 g/mol. The Labute approximate surface area is 122 Å².